The average Bonchev–Trinajstić information content (AvgIpc) is 2.91. The van der Waals surface area contributed by atoms with Crippen LogP contribution in [-0.4, -0.2) is 50.4 Å². The van der Waals surface area contributed by atoms with E-state index in [2.05, 4.69) is 20.2 Å². The Hall–Kier alpha value is -1.56. The van der Waals surface area contributed by atoms with Crippen LogP contribution in [0.15, 0.2) is 6.07 Å². The number of methoxy groups -OCH3 is 2. The second-order valence-electron chi connectivity index (χ2n) is 4.01. The van der Waals surface area contributed by atoms with Crippen molar-refractivity contribution in [3.8, 4) is 11.8 Å². The highest BCUT2D eigenvalue weighted by molar-refractivity contribution is 5.37. The van der Waals surface area contributed by atoms with Gasteiger partial charge in [0, 0.05) is 19.6 Å². The molecule has 94 valence electrons. The molecule has 1 unspecified atom stereocenters. The highest BCUT2D eigenvalue weighted by Gasteiger charge is 2.22. The summed E-state index contributed by atoms with van der Waals surface area (Å²) in [5.41, 5.74) is 0. The Balaban J connectivity index is 2.23. The molecule has 0 amide bonds. The van der Waals surface area contributed by atoms with Gasteiger partial charge in [0.05, 0.1) is 20.3 Å². The first-order valence-corrected chi connectivity index (χ1v) is 5.65. The zero-order valence-corrected chi connectivity index (χ0v) is 10.4. The van der Waals surface area contributed by atoms with Gasteiger partial charge in [-0.15, -0.1) is 0 Å². The van der Waals surface area contributed by atoms with Gasteiger partial charge in [0.25, 0.3) is 0 Å². The number of aromatic nitrogens is 2. The maximum absolute atomic E-state index is 5.14. The van der Waals surface area contributed by atoms with Gasteiger partial charge in [0.15, 0.2) is 0 Å². The van der Waals surface area contributed by atoms with Crippen LogP contribution in [0.5, 0.6) is 11.8 Å². The van der Waals surface area contributed by atoms with E-state index >= 15 is 0 Å². The van der Waals surface area contributed by atoms with Gasteiger partial charge in [-0.1, -0.05) is 0 Å². The first kappa shape index (κ1) is 11.9. The molecule has 0 spiro atoms. The molecule has 0 bridgehead atoms. The molecule has 2 heterocycles. The van der Waals surface area contributed by atoms with Gasteiger partial charge in [0.1, 0.15) is 0 Å². The molecule has 0 radical (unpaired) electrons. The van der Waals surface area contributed by atoms with E-state index in [-0.39, 0.29) is 0 Å². The summed E-state index contributed by atoms with van der Waals surface area (Å²) in [4.78, 5) is 10.7. The minimum absolute atomic E-state index is 0.423. The van der Waals surface area contributed by atoms with Crippen LogP contribution in [-0.2, 0) is 0 Å². The number of hydrogen-bond donors (Lipinski definition) is 1. The first-order valence-electron chi connectivity index (χ1n) is 5.65. The molecule has 0 saturated carbocycles. The molecule has 1 aliphatic rings. The summed E-state index contributed by atoms with van der Waals surface area (Å²) in [5, 5.41) is 3.32. The van der Waals surface area contributed by atoms with Crippen LogP contribution in [0.4, 0.5) is 5.95 Å². The van der Waals surface area contributed by atoms with Crippen molar-refractivity contribution in [3.05, 3.63) is 6.07 Å². The smallest absolute Gasteiger partial charge is 0.232 e. The van der Waals surface area contributed by atoms with Gasteiger partial charge in [-0.3, -0.25) is 0 Å². The van der Waals surface area contributed by atoms with E-state index < -0.39 is 0 Å². The lowest BCUT2D eigenvalue weighted by Gasteiger charge is -2.24. The maximum Gasteiger partial charge on any atom is 0.232 e. The standard InChI is InChI=1S/C11H18N4O2/c1-15(8-4-5-12-7-8)11-13-9(16-2)6-10(14-11)17-3/h6,8,12H,4-5,7H2,1-3H3. The van der Waals surface area contributed by atoms with Crippen molar-refractivity contribution in [2.75, 3.05) is 39.3 Å². The average molecular weight is 238 g/mol. The van der Waals surface area contributed by atoms with Gasteiger partial charge in [-0.05, 0) is 13.0 Å². The summed E-state index contributed by atoms with van der Waals surface area (Å²) in [6.07, 6.45) is 1.10. The van der Waals surface area contributed by atoms with Crippen LogP contribution in [0.25, 0.3) is 0 Å². The molecule has 1 atom stereocenters. The summed E-state index contributed by atoms with van der Waals surface area (Å²) in [6.45, 7) is 2.00. The quantitative estimate of drug-likeness (QED) is 0.813. The minimum Gasteiger partial charge on any atom is -0.481 e. The third-order valence-electron chi connectivity index (χ3n) is 2.98. The van der Waals surface area contributed by atoms with Crippen molar-refractivity contribution in [1.82, 2.24) is 15.3 Å². The molecular weight excluding hydrogens is 220 g/mol. The van der Waals surface area contributed by atoms with Crippen LogP contribution in [0, 0.1) is 0 Å². The van der Waals surface area contributed by atoms with Crippen molar-refractivity contribution in [1.29, 1.82) is 0 Å². The number of nitrogens with one attached hydrogen (secondary N) is 1. The zero-order chi connectivity index (χ0) is 12.3. The van der Waals surface area contributed by atoms with E-state index in [1.54, 1.807) is 20.3 Å². The van der Waals surface area contributed by atoms with Gasteiger partial charge in [-0.25, -0.2) is 0 Å². The summed E-state index contributed by atoms with van der Waals surface area (Å²) >= 11 is 0. The lowest BCUT2D eigenvalue weighted by Crippen LogP contribution is -2.34. The van der Waals surface area contributed by atoms with Crippen molar-refractivity contribution in [3.63, 3.8) is 0 Å². The number of likely N-dealkylation sites (N-methyl/N-ethyl adjacent to an activating group) is 1. The van der Waals surface area contributed by atoms with Gasteiger partial charge in [0.2, 0.25) is 17.7 Å². The Kier molecular flexibility index (Phi) is 3.63. The molecule has 1 saturated heterocycles. The molecule has 1 aliphatic heterocycles. The molecule has 1 fully saturated rings. The van der Waals surface area contributed by atoms with Crippen molar-refractivity contribution in [2.45, 2.75) is 12.5 Å². The molecule has 6 heteroatoms. The summed E-state index contributed by atoms with van der Waals surface area (Å²) in [6, 6.07) is 2.09. The first-order chi connectivity index (χ1) is 8.24. The molecule has 1 N–H and O–H groups in total. The van der Waals surface area contributed by atoms with Crippen molar-refractivity contribution < 1.29 is 9.47 Å². The largest absolute Gasteiger partial charge is 0.481 e. The second kappa shape index (κ2) is 5.18. The van der Waals surface area contributed by atoms with E-state index in [9.17, 15) is 0 Å². The van der Waals surface area contributed by atoms with Crippen LogP contribution in [0.2, 0.25) is 0 Å². The number of anilines is 1. The molecule has 2 rings (SSSR count). The molecule has 0 aromatic carbocycles. The van der Waals surface area contributed by atoms with Crippen LogP contribution in [0.3, 0.4) is 0 Å². The molecule has 1 aromatic heterocycles. The third kappa shape index (κ3) is 2.58. The molecule has 6 nitrogen and oxygen atoms in total. The number of nitrogens with zero attached hydrogens (tertiary/aromatic N) is 3. The van der Waals surface area contributed by atoms with E-state index in [1.807, 2.05) is 7.05 Å². The third-order valence-corrected chi connectivity index (χ3v) is 2.98. The number of ether oxygens (including phenoxy) is 2. The predicted octanol–water partition coefficient (Wildman–Crippen LogP) is 0.292. The normalized spacial score (nSPS) is 19.1. The van der Waals surface area contributed by atoms with Gasteiger partial charge >= 0.3 is 0 Å². The Bertz CT molecular complexity index is 357. The van der Waals surface area contributed by atoms with Crippen LogP contribution >= 0.6 is 0 Å². The van der Waals surface area contributed by atoms with Gasteiger partial charge in [-0.2, -0.15) is 9.97 Å². The zero-order valence-electron chi connectivity index (χ0n) is 10.4. The van der Waals surface area contributed by atoms with Gasteiger partial charge < -0.3 is 19.7 Å². The topological polar surface area (TPSA) is 59.5 Å². The van der Waals surface area contributed by atoms with E-state index in [4.69, 9.17) is 9.47 Å². The van der Waals surface area contributed by atoms with Crippen molar-refractivity contribution >= 4 is 5.95 Å². The Labute approximate surface area is 101 Å². The fourth-order valence-corrected chi connectivity index (χ4v) is 1.89. The number of hydrogen-bond acceptors (Lipinski definition) is 6. The SMILES string of the molecule is COc1cc(OC)nc(N(C)C2CCNC2)n1. The van der Waals surface area contributed by atoms with Crippen molar-refractivity contribution in [2.24, 2.45) is 0 Å². The summed E-state index contributed by atoms with van der Waals surface area (Å²) in [5.74, 6) is 1.67. The molecule has 1 aromatic rings. The fraction of sp³-hybridized carbons (Fsp3) is 0.636. The lowest BCUT2D eigenvalue weighted by atomic mass is 10.2. The highest BCUT2D eigenvalue weighted by Crippen LogP contribution is 2.21. The van der Waals surface area contributed by atoms with E-state index in [1.165, 1.54) is 0 Å². The summed E-state index contributed by atoms with van der Waals surface area (Å²) in [7, 11) is 5.16. The van der Waals surface area contributed by atoms with E-state index in [0.717, 1.165) is 19.5 Å². The second-order valence-corrected chi connectivity index (χ2v) is 4.01. The monoisotopic (exact) mass is 238 g/mol. The van der Waals surface area contributed by atoms with Crippen LogP contribution in [0.1, 0.15) is 6.42 Å². The van der Waals surface area contributed by atoms with Crippen LogP contribution < -0.4 is 19.7 Å². The maximum atomic E-state index is 5.14. The Morgan fingerprint density at radius 3 is 2.41 bits per heavy atom. The molecule has 0 aliphatic carbocycles. The molecular formula is C11H18N4O2. The summed E-state index contributed by atoms with van der Waals surface area (Å²) < 4.78 is 10.3. The Morgan fingerprint density at radius 1 is 1.29 bits per heavy atom. The Morgan fingerprint density at radius 2 is 1.94 bits per heavy atom. The molecule has 17 heavy (non-hydrogen) atoms. The highest BCUT2D eigenvalue weighted by atomic mass is 16.5. The number of rotatable bonds is 4. The fourth-order valence-electron chi connectivity index (χ4n) is 1.89. The predicted molar refractivity (Wildman–Crippen MR) is 64.8 cm³/mol. The minimum atomic E-state index is 0.423. The van der Waals surface area contributed by atoms with E-state index in [0.29, 0.717) is 23.8 Å². The lowest BCUT2D eigenvalue weighted by molar-refractivity contribution is 0.371.